The predicted molar refractivity (Wildman–Crippen MR) is 107 cm³/mol. The van der Waals surface area contributed by atoms with Crippen LogP contribution in [0.1, 0.15) is 21.5 Å². The molecule has 9 heteroatoms. The summed E-state index contributed by atoms with van der Waals surface area (Å²) in [6.07, 6.45) is -4.35. The summed E-state index contributed by atoms with van der Waals surface area (Å²) in [5, 5.41) is 2.77. The maximum Gasteiger partial charge on any atom is 0.416 e. The Bertz CT molecular complexity index is 892. The van der Waals surface area contributed by atoms with Gasteiger partial charge in [-0.25, -0.2) is 0 Å². The van der Waals surface area contributed by atoms with Gasteiger partial charge in [0.15, 0.2) is 0 Å². The highest BCUT2D eigenvalue weighted by Gasteiger charge is 2.30. The highest BCUT2D eigenvalue weighted by atomic mass is 19.4. The summed E-state index contributed by atoms with van der Waals surface area (Å²) >= 11 is 0. The monoisotopic (exact) mass is 420 g/mol. The Morgan fingerprint density at radius 3 is 2.20 bits per heavy atom. The molecular weight excluding hydrogens is 397 g/mol. The molecule has 1 heterocycles. The van der Waals surface area contributed by atoms with Crippen LogP contribution in [0.15, 0.2) is 48.5 Å². The van der Waals surface area contributed by atoms with E-state index in [9.17, 15) is 22.8 Å². The summed E-state index contributed by atoms with van der Waals surface area (Å²) in [5.41, 5.74) is 6.11. The van der Waals surface area contributed by atoms with Gasteiger partial charge in [0, 0.05) is 44.0 Å². The summed E-state index contributed by atoms with van der Waals surface area (Å²) < 4.78 is 38.6. The molecule has 160 valence electrons. The molecule has 0 bridgehead atoms. The number of nitrogens with two attached hydrogens (primary N) is 1. The van der Waals surface area contributed by atoms with Crippen molar-refractivity contribution in [2.75, 3.05) is 38.0 Å². The number of alkyl halides is 3. The van der Waals surface area contributed by atoms with Crippen LogP contribution in [0, 0.1) is 0 Å². The minimum absolute atomic E-state index is 0.173. The molecule has 1 aliphatic rings. The van der Waals surface area contributed by atoms with E-state index in [1.165, 1.54) is 12.1 Å². The zero-order chi connectivity index (χ0) is 21.7. The van der Waals surface area contributed by atoms with E-state index in [1.54, 1.807) is 30.3 Å². The van der Waals surface area contributed by atoms with Gasteiger partial charge in [-0.2, -0.15) is 13.2 Å². The molecule has 0 radical (unpaired) electrons. The van der Waals surface area contributed by atoms with Crippen LogP contribution in [0.3, 0.4) is 0 Å². The van der Waals surface area contributed by atoms with Crippen LogP contribution in [0.5, 0.6) is 0 Å². The van der Waals surface area contributed by atoms with Crippen molar-refractivity contribution >= 4 is 17.5 Å². The number of carbonyl (C=O) groups is 2. The van der Waals surface area contributed by atoms with Crippen molar-refractivity contribution in [1.82, 2.24) is 9.80 Å². The fourth-order valence-electron chi connectivity index (χ4n) is 3.33. The summed E-state index contributed by atoms with van der Waals surface area (Å²) in [4.78, 5) is 27.4. The maximum atomic E-state index is 12.9. The summed E-state index contributed by atoms with van der Waals surface area (Å²) in [6, 6.07) is 11.7. The van der Waals surface area contributed by atoms with E-state index in [-0.39, 0.29) is 12.5 Å². The number of piperazine rings is 1. The molecule has 0 spiro atoms. The minimum atomic E-state index is -4.35. The Labute approximate surface area is 172 Å². The molecule has 3 rings (SSSR count). The molecule has 2 amide bonds. The molecule has 3 N–H and O–H groups in total. The number of primary amides is 1. The minimum Gasteiger partial charge on any atom is -0.366 e. The third-order valence-corrected chi connectivity index (χ3v) is 4.95. The third-order valence-electron chi connectivity index (χ3n) is 4.95. The second-order valence-corrected chi connectivity index (χ2v) is 7.24. The fraction of sp³-hybridized carbons (Fsp3) is 0.333. The second kappa shape index (κ2) is 9.27. The predicted octanol–water partition coefficient (Wildman–Crippen LogP) is 2.56. The van der Waals surface area contributed by atoms with E-state index in [0.717, 1.165) is 6.07 Å². The number of nitrogens with one attached hydrogen (secondary N) is 1. The van der Waals surface area contributed by atoms with Gasteiger partial charge in [0.25, 0.3) is 0 Å². The highest BCUT2D eigenvalue weighted by Crippen LogP contribution is 2.29. The molecule has 0 saturated carbocycles. The summed E-state index contributed by atoms with van der Waals surface area (Å²) in [7, 11) is 0. The summed E-state index contributed by atoms with van der Waals surface area (Å²) in [5.74, 6) is -0.705. The molecule has 0 aliphatic carbocycles. The lowest BCUT2D eigenvalue weighted by Crippen LogP contribution is -2.48. The van der Waals surface area contributed by atoms with Crippen molar-refractivity contribution in [2.45, 2.75) is 12.7 Å². The van der Waals surface area contributed by atoms with Crippen LogP contribution in [-0.2, 0) is 17.5 Å². The van der Waals surface area contributed by atoms with E-state index in [0.29, 0.717) is 49.5 Å². The number of hydrogen-bond donors (Lipinski definition) is 2. The Balaban J connectivity index is 1.45. The van der Waals surface area contributed by atoms with Gasteiger partial charge in [-0.05, 0) is 35.9 Å². The third kappa shape index (κ3) is 6.04. The number of hydrogen-bond acceptors (Lipinski definition) is 4. The Morgan fingerprint density at radius 1 is 0.967 bits per heavy atom. The first kappa shape index (κ1) is 21.8. The van der Waals surface area contributed by atoms with Crippen LogP contribution in [-0.4, -0.2) is 54.3 Å². The van der Waals surface area contributed by atoms with Crippen molar-refractivity contribution < 1.29 is 22.8 Å². The van der Waals surface area contributed by atoms with Crippen molar-refractivity contribution in [2.24, 2.45) is 5.73 Å². The Hall–Kier alpha value is -2.91. The smallest absolute Gasteiger partial charge is 0.366 e. The number of rotatable bonds is 6. The average molecular weight is 420 g/mol. The normalized spacial score (nSPS) is 15.7. The first-order chi connectivity index (χ1) is 14.2. The number of benzene rings is 2. The van der Waals surface area contributed by atoms with Crippen LogP contribution < -0.4 is 11.1 Å². The first-order valence-electron chi connectivity index (χ1n) is 9.51. The van der Waals surface area contributed by atoms with E-state index in [2.05, 4.69) is 10.2 Å². The van der Waals surface area contributed by atoms with E-state index in [4.69, 9.17) is 5.73 Å². The van der Waals surface area contributed by atoms with E-state index in [1.807, 2.05) is 4.90 Å². The largest absolute Gasteiger partial charge is 0.416 e. The fourth-order valence-corrected chi connectivity index (χ4v) is 3.33. The number of anilines is 1. The number of halogens is 3. The zero-order valence-electron chi connectivity index (χ0n) is 16.3. The molecule has 1 fully saturated rings. The molecule has 1 saturated heterocycles. The van der Waals surface area contributed by atoms with Crippen LogP contribution >= 0.6 is 0 Å². The van der Waals surface area contributed by atoms with Gasteiger partial charge in [0.05, 0.1) is 12.1 Å². The molecule has 30 heavy (non-hydrogen) atoms. The standard InChI is InChI=1S/C21H23F3N4O2/c22-21(23,24)17-3-1-2-15(12-17)13-27-8-10-28(11-9-27)14-19(29)26-18-6-4-16(5-7-18)20(25)30/h1-7,12H,8-11,13-14H2,(H2,25,30)(H,26,29). The Kier molecular flexibility index (Phi) is 6.73. The van der Waals surface area contributed by atoms with Crippen molar-refractivity contribution in [3.05, 3.63) is 65.2 Å². The SMILES string of the molecule is NC(=O)c1ccc(NC(=O)CN2CCN(Cc3cccc(C(F)(F)F)c3)CC2)cc1. The van der Waals surface area contributed by atoms with Gasteiger partial charge in [0.2, 0.25) is 11.8 Å². The molecule has 0 aromatic heterocycles. The quantitative estimate of drug-likeness (QED) is 0.753. The van der Waals surface area contributed by atoms with Crippen LogP contribution in [0.4, 0.5) is 18.9 Å². The van der Waals surface area contributed by atoms with Crippen molar-refractivity contribution in [1.29, 1.82) is 0 Å². The van der Waals surface area contributed by atoms with E-state index < -0.39 is 17.6 Å². The van der Waals surface area contributed by atoms with Gasteiger partial charge in [-0.3, -0.25) is 19.4 Å². The van der Waals surface area contributed by atoms with Gasteiger partial charge >= 0.3 is 6.18 Å². The van der Waals surface area contributed by atoms with E-state index >= 15 is 0 Å². The molecule has 6 nitrogen and oxygen atoms in total. The lowest BCUT2D eigenvalue weighted by Gasteiger charge is -2.34. The van der Waals surface area contributed by atoms with Gasteiger partial charge in [0.1, 0.15) is 0 Å². The highest BCUT2D eigenvalue weighted by molar-refractivity contribution is 5.95. The maximum absolute atomic E-state index is 12.9. The molecule has 1 aliphatic heterocycles. The Morgan fingerprint density at radius 2 is 1.60 bits per heavy atom. The zero-order valence-corrected chi connectivity index (χ0v) is 16.3. The first-order valence-corrected chi connectivity index (χ1v) is 9.51. The van der Waals surface area contributed by atoms with Crippen LogP contribution in [0.2, 0.25) is 0 Å². The lowest BCUT2D eigenvalue weighted by molar-refractivity contribution is -0.137. The topological polar surface area (TPSA) is 78.7 Å². The molecule has 0 atom stereocenters. The van der Waals surface area contributed by atoms with Crippen molar-refractivity contribution in [3.8, 4) is 0 Å². The van der Waals surface area contributed by atoms with Gasteiger partial charge < -0.3 is 11.1 Å². The second-order valence-electron chi connectivity index (χ2n) is 7.24. The number of carbonyl (C=O) groups excluding carboxylic acids is 2. The lowest BCUT2D eigenvalue weighted by atomic mass is 10.1. The number of nitrogens with zero attached hydrogens (tertiary/aromatic N) is 2. The average Bonchev–Trinajstić information content (AvgIpc) is 2.69. The number of amides is 2. The van der Waals surface area contributed by atoms with Crippen molar-refractivity contribution in [3.63, 3.8) is 0 Å². The molecular formula is C21H23F3N4O2. The van der Waals surface area contributed by atoms with Gasteiger partial charge in [-0.1, -0.05) is 18.2 Å². The molecule has 2 aromatic carbocycles. The molecule has 2 aromatic rings. The van der Waals surface area contributed by atoms with Crippen LogP contribution in [0.25, 0.3) is 0 Å². The van der Waals surface area contributed by atoms with Gasteiger partial charge in [-0.15, -0.1) is 0 Å². The summed E-state index contributed by atoms with van der Waals surface area (Å²) in [6.45, 7) is 3.28. The molecule has 0 unspecified atom stereocenters.